The second-order valence-corrected chi connectivity index (χ2v) is 5.46. The van der Waals surface area contributed by atoms with Crippen molar-refractivity contribution in [3.05, 3.63) is 59.7 Å². The Morgan fingerprint density at radius 1 is 0.958 bits per heavy atom. The zero-order chi connectivity index (χ0) is 16.8. The number of phenolic OH excluding ortho intramolecular Hbond substituents is 1. The average molecular weight is 320 g/mol. The number of rotatable bonds is 2. The number of benzene rings is 3. The molecule has 0 radical (unpaired) electrons. The third kappa shape index (κ3) is 1.95. The smallest absolute Gasteiger partial charge is 0.347 e. The molecule has 0 fully saturated rings. The number of ether oxygens (including phenoxy) is 2. The first kappa shape index (κ1) is 14.3. The third-order valence-electron chi connectivity index (χ3n) is 4.15. The van der Waals surface area contributed by atoms with Gasteiger partial charge in [-0.25, -0.2) is 9.59 Å². The summed E-state index contributed by atoms with van der Waals surface area (Å²) in [7, 11) is 1.45. The van der Waals surface area contributed by atoms with Gasteiger partial charge in [0.25, 0.3) is 0 Å². The van der Waals surface area contributed by atoms with Crippen LogP contribution in [0.2, 0.25) is 0 Å². The summed E-state index contributed by atoms with van der Waals surface area (Å²) in [6.07, 6.45) is 0. The van der Waals surface area contributed by atoms with Crippen LogP contribution in [0.5, 0.6) is 11.5 Å². The molecule has 1 aliphatic rings. The van der Waals surface area contributed by atoms with Crippen LogP contribution in [0.15, 0.2) is 48.5 Å². The third-order valence-corrected chi connectivity index (χ3v) is 4.15. The number of hydrogen-bond acceptors (Lipinski definition) is 5. The van der Waals surface area contributed by atoms with Crippen LogP contribution in [0.4, 0.5) is 0 Å². The maximum atomic E-state index is 12.4. The molecular formula is C19H12O5. The van der Waals surface area contributed by atoms with E-state index in [4.69, 9.17) is 9.47 Å². The zero-order valence-electron chi connectivity index (χ0n) is 12.7. The van der Waals surface area contributed by atoms with E-state index in [-0.39, 0.29) is 5.75 Å². The molecule has 5 heteroatoms. The normalized spacial score (nSPS) is 13.0. The molecule has 0 spiro atoms. The number of aromatic hydroxyl groups is 1. The van der Waals surface area contributed by atoms with Crippen LogP contribution in [0, 0.1) is 0 Å². The lowest BCUT2D eigenvalue weighted by atomic mass is 9.90. The molecule has 0 bridgehead atoms. The summed E-state index contributed by atoms with van der Waals surface area (Å²) >= 11 is 0. The van der Waals surface area contributed by atoms with Crippen molar-refractivity contribution >= 4 is 22.7 Å². The minimum atomic E-state index is -0.675. The first-order valence-corrected chi connectivity index (χ1v) is 7.30. The first-order valence-electron chi connectivity index (χ1n) is 7.30. The number of hydrogen-bond donors (Lipinski definition) is 1. The molecule has 1 aliphatic heterocycles. The summed E-state index contributed by atoms with van der Waals surface area (Å²) in [6, 6.07) is 13.7. The molecule has 118 valence electrons. The summed E-state index contributed by atoms with van der Waals surface area (Å²) in [6.45, 7) is 0. The number of carbonyl (C=O) groups is 2. The molecule has 0 amide bonds. The van der Waals surface area contributed by atoms with Crippen molar-refractivity contribution in [1.29, 1.82) is 0 Å². The second-order valence-electron chi connectivity index (χ2n) is 5.46. The van der Waals surface area contributed by atoms with Gasteiger partial charge >= 0.3 is 11.9 Å². The van der Waals surface area contributed by atoms with Crippen LogP contribution in [-0.4, -0.2) is 24.2 Å². The summed E-state index contributed by atoms with van der Waals surface area (Å²) in [5, 5.41) is 11.1. The number of cyclic esters (lactones) is 2. The molecule has 0 unspecified atom stereocenters. The lowest BCUT2D eigenvalue weighted by Gasteiger charge is -2.19. The van der Waals surface area contributed by atoms with E-state index in [9.17, 15) is 14.7 Å². The predicted octanol–water partition coefficient (Wildman–Crippen LogP) is 3.53. The highest BCUT2D eigenvalue weighted by Gasteiger charge is 2.30. The molecule has 0 aromatic heterocycles. The Labute approximate surface area is 137 Å². The van der Waals surface area contributed by atoms with Crippen LogP contribution >= 0.6 is 0 Å². The molecule has 5 nitrogen and oxygen atoms in total. The molecule has 3 aromatic rings. The van der Waals surface area contributed by atoms with E-state index in [2.05, 4.69) is 0 Å². The van der Waals surface area contributed by atoms with Crippen molar-refractivity contribution in [2.24, 2.45) is 0 Å². The van der Waals surface area contributed by atoms with E-state index >= 15 is 0 Å². The van der Waals surface area contributed by atoms with Crippen LogP contribution in [0.3, 0.4) is 0 Å². The van der Waals surface area contributed by atoms with Crippen LogP contribution in [0.1, 0.15) is 20.7 Å². The molecular weight excluding hydrogens is 308 g/mol. The van der Waals surface area contributed by atoms with Gasteiger partial charge in [-0.1, -0.05) is 30.3 Å². The monoisotopic (exact) mass is 320 g/mol. The Bertz CT molecular complexity index is 1020. The van der Waals surface area contributed by atoms with Gasteiger partial charge in [-0.05, 0) is 34.7 Å². The topological polar surface area (TPSA) is 72.8 Å². The van der Waals surface area contributed by atoms with Crippen molar-refractivity contribution in [3.63, 3.8) is 0 Å². The van der Waals surface area contributed by atoms with E-state index in [0.717, 1.165) is 5.39 Å². The summed E-state index contributed by atoms with van der Waals surface area (Å²) in [4.78, 5) is 24.4. The fourth-order valence-electron chi connectivity index (χ4n) is 3.04. The Hall–Kier alpha value is -3.34. The molecule has 0 atom stereocenters. The van der Waals surface area contributed by atoms with Gasteiger partial charge in [-0.15, -0.1) is 0 Å². The van der Waals surface area contributed by atoms with Crippen LogP contribution in [-0.2, 0) is 4.74 Å². The van der Waals surface area contributed by atoms with E-state index in [1.165, 1.54) is 13.2 Å². The van der Waals surface area contributed by atoms with Gasteiger partial charge in [0.2, 0.25) is 0 Å². The van der Waals surface area contributed by atoms with Gasteiger partial charge in [-0.3, -0.25) is 0 Å². The molecule has 0 aliphatic carbocycles. The highest BCUT2D eigenvalue weighted by molar-refractivity contribution is 6.23. The minimum absolute atomic E-state index is 0.00845. The number of carbonyl (C=O) groups excluding carboxylic acids is 2. The average Bonchev–Trinajstić information content (AvgIpc) is 2.59. The Morgan fingerprint density at radius 3 is 2.58 bits per heavy atom. The van der Waals surface area contributed by atoms with Crippen molar-refractivity contribution in [1.82, 2.24) is 0 Å². The Kier molecular flexibility index (Phi) is 3.03. The van der Waals surface area contributed by atoms with Crippen molar-refractivity contribution < 1.29 is 24.2 Å². The summed E-state index contributed by atoms with van der Waals surface area (Å²) in [5.41, 5.74) is 2.01. The number of esters is 2. The lowest BCUT2D eigenvalue weighted by molar-refractivity contribution is 0.0392. The fourth-order valence-corrected chi connectivity index (χ4v) is 3.04. The molecule has 1 N–H and O–H groups in total. The Morgan fingerprint density at radius 2 is 1.79 bits per heavy atom. The van der Waals surface area contributed by atoms with Crippen molar-refractivity contribution in [3.8, 4) is 22.6 Å². The molecule has 0 saturated heterocycles. The Balaban J connectivity index is 2.07. The van der Waals surface area contributed by atoms with Gasteiger partial charge in [0, 0.05) is 5.39 Å². The van der Waals surface area contributed by atoms with E-state index in [0.29, 0.717) is 33.4 Å². The van der Waals surface area contributed by atoms with Crippen LogP contribution < -0.4 is 4.74 Å². The van der Waals surface area contributed by atoms with Crippen LogP contribution in [0.25, 0.3) is 21.9 Å². The van der Waals surface area contributed by atoms with Crippen molar-refractivity contribution in [2.45, 2.75) is 0 Å². The number of methoxy groups -OCH3 is 1. The van der Waals surface area contributed by atoms with Gasteiger partial charge in [0.15, 0.2) is 11.5 Å². The predicted molar refractivity (Wildman–Crippen MR) is 87.3 cm³/mol. The highest BCUT2D eigenvalue weighted by Crippen LogP contribution is 2.38. The molecule has 4 rings (SSSR count). The highest BCUT2D eigenvalue weighted by atomic mass is 16.6. The SMILES string of the molecule is COc1cc(-c2ccc3cccc4c3c2C(=O)OC4=O)ccc1O. The first-order chi connectivity index (χ1) is 11.6. The largest absolute Gasteiger partial charge is 0.504 e. The molecule has 1 heterocycles. The maximum Gasteiger partial charge on any atom is 0.347 e. The minimum Gasteiger partial charge on any atom is -0.504 e. The molecule has 24 heavy (non-hydrogen) atoms. The van der Waals surface area contributed by atoms with Gasteiger partial charge < -0.3 is 14.6 Å². The molecule has 3 aromatic carbocycles. The van der Waals surface area contributed by atoms with E-state index < -0.39 is 11.9 Å². The number of phenols is 1. The van der Waals surface area contributed by atoms with Gasteiger partial charge in [0.1, 0.15) is 0 Å². The maximum absolute atomic E-state index is 12.4. The second kappa shape index (κ2) is 5.09. The zero-order valence-corrected chi connectivity index (χ0v) is 12.7. The van der Waals surface area contributed by atoms with E-state index in [1.807, 2.05) is 12.1 Å². The fraction of sp³-hybridized carbons (Fsp3) is 0.0526. The lowest BCUT2D eigenvalue weighted by Crippen LogP contribution is -2.20. The van der Waals surface area contributed by atoms with E-state index in [1.54, 1.807) is 30.3 Å². The van der Waals surface area contributed by atoms with Crippen molar-refractivity contribution in [2.75, 3.05) is 7.11 Å². The van der Waals surface area contributed by atoms with Gasteiger partial charge in [0.05, 0.1) is 18.2 Å². The summed E-state index contributed by atoms with van der Waals surface area (Å²) < 4.78 is 10.0. The summed E-state index contributed by atoms with van der Waals surface area (Å²) in [5.74, 6) is -1.01. The quantitative estimate of drug-likeness (QED) is 0.577. The van der Waals surface area contributed by atoms with Gasteiger partial charge in [-0.2, -0.15) is 0 Å². The standard InChI is InChI=1S/C19H12O5/c1-23-15-9-11(6-8-14(15)20)12-7-5-10-3-2-4-13-16(10)17(12)19(22)24-18(13)21/h2-9,20H,1H3. The molecule has 0 saturated carbocycles.